The molecule has 3 N–H and O–H groups in total. The van der Waals surface area contributed by atoms with Gasteiger partial charge >= 0.3 is 0 Å². The van der Waals surface area contributed by atoms with E-state index in [1.54, 1.807) is 0 Å². The van der Waals surface area contributed by atoms with Crippen molar-refractivity contribution in [1.29, 1.82) is 0 Å². The van der Waals surface area contributed by atoms with Crippen molar-refractivity contribution in [2.45, 2.75) is 39.4 Å². The van der Waals surface area contributed by atoms with Gasteiger partial charge in [0.25, 0.3) is 0 Å². The van der Waals surface area contributed by atoms with Gasteiger partial charge in [-0.25, -0.2) is 0 Å². The minimum Gasteiger partial charge on any atom is -0.488 e. The van der Waals surface area contributed by atoms with Gasteiger partial charge in [-0.1, -0.05) is 25.1 Å². The standard InChI is InChI=1S/C14H22N2O2/c1-4-14(15)16-9-12(17)11(3)18-13-8-6-5-7-10(13)2/h5-8,11-12,17H,4,9H2,1-3H3,(H2,15,16). The normalized spacial score (nSPS) is 15.2. The summed E-state index contributed by atoms with van der Waals surface area (Å²) in [7, 11) is 0. The van der Waals surface area contributed by atoms with Gasteiger partial charge in [-0.3, -0.25) is 4.99 Å². The Bertz CT molecular complexity index is 405. The van der Waals surface area contributed by atoms with E-state index >= 15 is 0 Å². The number of ether oxygens (including phenoxy) is 1. The molecule has 0 heterocycles. The highest BCUT2D eigenvalue weighted by Gasteiger charge is 2.16. The Balaban J connectivity index is 2.55. The number of para-hydroxylation sites is 1. The summed E-state index contributed by atoms with van der Waals surface area (Å²) in [5.41, 5.74) is 6.65. The van der Waals surface area contributed by atoms with Gasteiger partial charge in [0.15, 0.2) is 0 Å². The Kier molecular flexibility index (Phi) is 5.65. The van der Waals surface area contributed by atoms with E-state index < -0.39 is 6.10 Å². The van der Waals surface area contributed by atoms with Crippen molar-refractivity contribution in [1.82, 2.24) is 0 Å². The van der Waals surface area contributed by atoms with Crippen molar-refractivity contribution in [3.63, 3.8) is 0 Å². The Hall–Kier alpha value is -1.55. The summed E-state index contributed by atoms with van der Waals surface area (Å²) in [6.07, 6.45) is -0.283. The molecule has 0 radical (unpaired) electrons. The molecule has 0 aliphatic heterocycles. The molecule has 1 aromatic carbocycles. The molecule has 4 heteroatoms. The minimum atomic E-state index is -0.658. The molecule has 1 aromatic rings. The summed E-state index contributed by atoms with van der Waals surface area (Å²) in [5.74, 6) is 1.34. The number of aliphatic imine (C=N–C) groups is 1. The molecule has 2 atom stereocenters. The molecule has 4 nitrogen and oxygen atoms in total. The lowest BCUT2D eigenvalue weighted by molar-refractivity contribution is 0.0535. The van der Waals surface area contributed by atoms with E-state index in [-0.39, 0.29) is 12.6 Å². The number of hydrogen-bond donors (Lipinski definition) is 2. The maximum atomic E-state index is 9.93. The summed E-state index contributed by atoms with van der Waals surface area (Å²) < 4.78 is 5.71. The molecule has 0 saturated heterocycles. The highest BCUT2D eigenvalue weighted by atomic mass is 16.5. The van der Waals surface area contributed by atoms with E-state index in [9.17, 15) is 5.11 Å². The van der Waals surface area contributed by atoms with Gasteiger partial charge in [0.05, 0.1) is 12.4 Å². The quantitative estimate of drug-likeness (QED) is 0.598. The van der Waals surface area contributed by atoms with Crippen molar-refractivity contribution >= 4 is 5.84 Å². The number of hydrogen-bond acceptors (Lipinski definition) is 3. The van der Waals surface area contributed by atoms with Crippen LogP contribution < -0.4 is 10.5 Å². The summed E-state index contributed by atoms with van der Waals surface area (Å²) in [5, 5.41) is 9.93. The van der Waals surface area contributed by atoms with Gasteiger partial charge in [0.1, 0.15) is 18.0 Å². The smallest absolute Gasteiger partial charge is 0.124 e. The van der Waals surface area contributed by atoms with E-state index in [4.69, 9.17) is 10.5 Å². The third kappa shape index (κ3) is 4.37. The zero-order chi connectivity index (χ0) is 13.5. The first-order valence-corrected chi connectivity index (χ1v) is 6.23. The van der Waals surface area contributed by atoms with E-state index in [2.05, 4.69) is 4.99 Å². The maximum absolute atomic E-state index is 9.93. The first-order chi connectivity index (χ1) is 8.54. The Morgan fingerprint density at radius 1 is 1.44 bits per heavy atom. The summed E-state index contributed by atoms with van der Waals surface area (Å²) in [6.45, 7) is 6.00. The van der Waals surface area contributed by atoms with E-state index in [1.807, 2.05) is 45.0 Å². The number of aliphatic hydroxyl groups excluding tert-OH is 1. The fraction of sp³-hybridized carbons (Fsp3) is 0.500. The van der Waals surface area contributed by atoms with Crippen LogP contribution in [-0.4, -0.2) is 29.7 Å². The number of nitrogens with zero attached hydrogens (tertiary/aromatic N) is 1. The van der Waals surface area contributed by atoms with Crippen LogP contribution in [0.4, 0.5) is 0 Å². The predicted octanol–water partition coefficient (Wildman–Crippen LogP) is 1.89. The summed E-state index contributed by atoms with van der Waals surface area (Å²) in [4.78, 5) is 4.09. The molecule has 0 bridgehead atoms. The molecule has 0 spiro atoms. The zero-order valence-electron chi connectivity index (χ0n) is 11.3. The number of amidine groups is 1. The third-order valence-electron chi connectivity index (χ3n) is 2.79. The van der Waals surface area contributed by atoms with Crippen LogP contribution in [0.25, 0.3) is 0 Å². The lowest BCUT2D eigenvalue weighted by atomic mass is 10.2. The molecule has 0 amide bonds. The van der Waals surface area contributed by atoms with Crippen LogP contribution in [0.5, 0.6) is 5.75 Å². The summed E-state index contributed by atoms with van der Waals surface area (Å²) >= 11 is 0. The van der Waals surface area contributed by atoms with Gasteiger partial charge < -0.3 is 15.6 Å². The van der Waals surface area contributed by atoms with Crippen LogP contribution in [0, 0.1) is 6.92 Å². The van der Waals surface area contributed by atoms with Crippen LogP contribution in [0.2, 0.25) is 0 Å². The van der Waals surface area contributed by atoms with Gasteiger partial charge in [0, 0.05) is 6.42 Å². The third-order valence-corrected chi connectivity index (χ3v) is 2.79. The lowest BCUT2D eigenvalue weighted by Crippen LogP contribution is -2.32. The van der Waals surface area contributed by atoms with Crippen molar-refractivity contribution in [3.8, 4) is 5.75 Å². The highest BCUT2D eigenvalue weighted by molar-refractivity contribution is 5.79. The number of nitrogens with two attached hydrogens (primary N) is 1. The molecule has 0 aliphatic carbocycles. The predicted molar refractivity (Wildman–Crippen MR) is 74.1 cm³/mol. The molecule has 0 saturated carbocycles. The van der Waals surface area contributed by atoms with Crippen LogP contribution in [0.1, 0.15) is 25.8 Å². The molecule has 18 heavy (non-hydrogen) atoms. The van der Waals surface area contributed by atoms with Crippen LogP contribution in [0.3, 0.4) is 0 Å². The van der Waals surface area contributed by atoms with Crippen LogP contribution in [-0.2, 0) is 0 Å². The average Bonchev–Trinajstić information content (AvgIpc) is 2.38. The molecule has 2 unspecified atom stereocenters. The number of aliphatic hydroxyl groups is 1. The molecular formula is C14H22N2O2. The fourth-order valence-corrected chi connectivity index (χ4v) is 1.44. The van der Waals surface area contributed by atoms with Gasteiger partial charge in [-0.05, 0) is 25.5 Å². The second-order valence-electron chi connectivity index (χ2n) is 4.34. The molecule has 0 aromatic heterocycles. The Morgan fingerprint density at radius 3 is 2.72 bits per heavy atom. The topological polar surface area (TPSA) is 67.8 Å². The number of benzene rings is 1. The van der Waals surface area contributed by atoms with Gasteiger partial charge in [0.2, 0.25) is 0 Å². The number of aryl methyl sites for hydroxylation is 1. The summed E-state index contributed by atoms with van der Waals surface area (Å²) in [6, 6.07) is 7.73. The second-order valence-corrected chi connectivity index (χ2v) is 4.34. The van der Waals surface area contributed by atoms with Crippen molar-refractivity contribution in [2.24, 2.45) is 10.7 Å². The largest absolute Gasteiger partial charge is 0.488 e. The maximum Gasteiger partial charge on any atom is 0.124 e. The SMILES string of the molecule is CCC(N)=NCC(O)C(C)Oc1ccccc1C. The molecule has 1 rings (SSSR count). The Labute approximate surface area is 108 Å². The second kappa shape index (κ2) is 7.01. The van der Waals surface area contributed by atoms with Crippen LogP contribution in [0.15, 0.2) is 29.3 Å². The first kappa shape index (κ1) is 14.5. The minimum absolute atomic E-state index is 0.271. The lowest BCUT2D eigenvalue weighted by Gasteiger charge is -2.20. The zero-order valence-corrected chi connectivity index (χ0v) is 11.3. The van der Waals surface area contributed by atoms with Gasteiger partial charge in [-0.15, -0.1) is 0 Å². The average molecular weight is 250 g/mol. The first-order valence-electron chi connectivity index (χ1n) is 6.23. The molecule has 0 aliphatic rings. The number of rotatable bonds is 6. The Morgan fingerprint density at radius 2 is 2.11 bits per heavy atom. The highest BCUT2D eigenvalue weighted by Crippen LogP contribution is 2.18. The monoisotopic (exact) mass is 250 g/mol. The molecule has 100 valence electrons. The van der Waals surface area contributed by atoms with E-state index in [0.717, 1.165) is 11.3 Å². The molecule has 0 fully saturated rings. The van der Waals surface area contributed by atoms with Crippen LogP contribution >= 0.6 is 0 Å². The van der Waals surface area contributed by atoms with Crippen molar-refractivity contribution < 1.29 is 9.84 Å². The van der Waals surface area contributed by atoms with Crippen molar-refractivity contribution in [2.75, 3.05) is 6.54 Å². The van der Waals surface area contributed by atoms with E-state index in [0.29, 0.717) is 12.3 Å². The van der Waals surface area contributed by atoms with E-state index in [1.165, 1.54) is 0 Å². The van der Waals surface area contributed by atoms with Crippen molar-refractivity contribution in [3.05, 3.63) is 29.8 Å². The fourth-order valence-electron chi connectivity index (χ4n) is 1.44. The van der Waals surface area contributed by atoms with Gasteiger partial charge in [-0.2, -0.15) is 0 Å². The molecular weight excluding hydrogens is 228 g/mol.